The fourth-order valence-electron chi connectivity index (χ4n) is 2.26. The normalized spacial score (nSPS) is 16.7. The molecule has 0 amide bonds. The number of aryl methyl sites for hydroxylation is 1. The monoisotopic (exact) mass is 232 g/mol. The molecule has 6 heteroatoms. The molecule has 2 aromatic rings. The van der Waals surface area contributed by atoms with Crippen LogP contribution in [0, 0.1) is 13.8 Å². The minimum Gasteiger partial charge on any atom is -0.354 e. The third-order valence-corrected chi connectivity index (χ3v) is 3.29. The zero-order chi connectivity index (χ0) is 11.8. The number of aromatic nitrogens is 4. The summed E-state index contributed by atoms with van der Waals surface area (Å²) in [6.07, 6.45) is 1.56. The van der Waals surface area contributed by atoms with Gasteiger partial charge in [0.25, 0.3) is 5.78 Å². The Hall–Kier alpha value is -1.69. The molecule has 3 heterocycles. The standard InChI is InChI=1S/C11H16N6/c1-8-9(2)15-11-13-7-14-17(11)10(8)16-5-3-12-4-6-16/h7,12H,3-6H2,1-2H3. The molecule has 0 spiro atoms. The van der Waals surface area contributed by atoms with Gasteiger partial charge in [0.1, 0.15) is 12.1 Å². The van der Waals surface area contributed by atoms with Gasteiger partial charge in [0, 0.05) is 37.4 Å². The lowest BCUT2D eigenvalue weighted by Crippen LogP contribution is -2.44. The lowest BCUT2D eigenvalue weighted by molar-refractivity contribution is 0.578. The van der Waals surface area contributed by atoms with Crippen molar-refractivity contribution < 1.29 is 0 Å². The van der Waals surface area contributed by atoms with Crippen molar-refractivity contribution in [3.63, 3.8) is 0 Å². The van der Waals surface area contributed by atoms with Gasteiger partial charge in [-0.15, -0.1) is 0 Å². The molecule has 90 valence electrons. The second kappa shape index (κ2) is 3.96. The number of anilines is 1. The number of hydrogen-bond acceptors (Lipinski definition) is 5. The molecule has 0 radical (unpaired) electrons. The smallest absolute Gasteiger partial charge is 0.254 e. The van der Waals surface area contributed by atoms with Crippen molar-refractivity contribution in [1.82, 2.24) is 24.9 Å². The lowest BCUT2D eigenvalue weighted by atomic mass is 10.2. The van der Waals surface area contributed by atoms with Crippen molar-refractivity contribution in [2.24, 2.45) is 0 Å². The highest BCUT2D eigenvalue weighted by atomic mass is 15.4. The highest BCUT2D eigenvalue weighted by molar-refractivity contribution is 5.54. The molecule has 1 aliphatic heterocycles. The molecule has 1 aliphatic rings. The van der Waals surface area contributed by atoms with Crippen LogP contribution in [0.2, 0.25) is 0 Å². The number of nitrogens with zero attached hydrogens (tertiary/aromatic N) is 5. The Morgan fingerprint density at radius 2 is 2.00 bits per heavy atom. The average Bonchev–Trinajstić information content (AvgIpc) is 2.79. The van der Waals surface area contributed by atoms with Gasteiger partial charge in [-0.05, 0) is 13.8 Å². The van der Waals surface area contributed by atoms with Gasteiger partial charge in [-0.2, -0.15) is 14.6 Å². The van der Waals surface area contributed by atoms with E-state index < -0.39 is 0 Å². The van der Waals surface area contributed by atoms with Crippen molar-refractivity contribution in [2.45, 2.75) is 13.8 Å². The maximum atomic E-state index is 4.44. The summed E-state index contributed by atoms with van der Waals surface area (Å²) >= 11 is 0. The first-order valence-corrected chi connectivity index (χ1v) is 5.90. The van der Waals surface area contributed by atoms with Gasteiger partial charge in [0.2, 0.25) is 0 Å². The van der Waals surface area contributed by atoms with E-state index in [4.69, 9.17) is 0 Å². The maximum Gasteiger partial charge on any atom is 0.254 e. The molecule has 0 unspecified atom stereocenters. The van der Waals surface area contributed by atoms with E-state index in [0.717, 1.165) is 37.7 Å². The second-order valence-corrected chi connectivity index (χ2v) is 4.35. The molecule has 3 rings (SSSR count). The number of rotatable bonds is 1. The number of nitrogens with one attached hydrogen (secondary N) is 1. The van der Waals surface area contributed by atoms with Crippen molar-refractivity contribution >= 4 is 11.6 Å². The predicted octanol–water partition coefficient (Wildman–Crippen LogP) is 0.151. The van der Waals surface area contributed by atoms with Crippen LogP contribution in [0.25, 0.3) is 5.78 Å². The molecule has 2 aromatic heterocycles. The van der Waals surface area contributed by atoms with Gasteiger partial charge in [-0.3, -0.25) is 0 Å². The first kappa shape index (κ1) is 10.5. The molecule has 0 atom stereocenters. The summed E-state index contributed by atoms with van der Waals surface area (Å²) in [6, 6.07) is 0. The molecule has 0 saturated carbocycles. The van der Waals surface area contributed by atoms with E-state index in [1.165, 1.54) is 5.56 Å². The molecule has 1 N–H and O–H groups in total. The zero-order valence-corrected chi connectivity index (χ0v) is 10.1. The molecule has 0 bridgehead atoms. The minimum absolute atomic E-state index is 0.682. The Bertz CT molecular complexity index is 540. The highest BCUT2D eigenvalue weighted by Gasteiger charge is 2.18. The van der Waals surface area contributed by atoms with E-state index in [9.17, 15) is 0 Å². The van der Waals surface area contributed by atoms with Gasteiger partial charge >= 0.3 is 0 Å². The van der Waals surface area contributed by atoms with E-state index in [-0.39, 0.29) is 0 Å². The van der Waals surface area contributed by atoms with Crippen molar-refractivity contribution in [1.29, 1.82) is 0 Å². The van der Waals surface area contributed by atoms with E-state index in [1.807, 2.05) is 11.4 Å². The van der Waals surface area contributed by atoms with Gasteiger partial charge < -0.3 is 10.2 Å². The van der Waals surface area contributed by atoms with Gasteiger partial charge in [0.15, 0.2) is 0 Å². The quantitative estimate of drug-likeness (QED) is 0.758. The summed E-state index contributed by atoms with van der Waals surface area (Å²) in [5, 5.41) is 7.63. The molecule has 0 aliphatic carbocycles. The largest absolute Gasteiger partial charge is 0.354 e. The van der Waals surface area contributed by atoms with Gasteiger partial charge in [0.05, 0.1) is 0 Å². The second-order valence-electron chi connectivity index (χ2n) is 4.35. The lowest BCUT2D eigenvalue weighted by Gasteiger charge is -2.30. The minimum atomic E-state index is 0.682. The summed E-state index contributed by atoms with van der Waals surface area (Å²) in [6.45, 7) is 8.14. The van der Waals surface area contributed by atoms with E-state index in [2.05, 4.69) is 32.2 Å². The number of fused-ring (bicyclic) bond motifs is 1. The predicted molar refractivity (Wildman–Crippen MR) is 65.3 cm³/mol. The third kappa shape index (κ3) is 1.64. The average molecular weight is 232 g/mol. The van der Waals surface area contributed by atoms with Gasteiger partial charge in [-0.25, -0.2) is 4.98 Å². The summed E-state index contributed by atoms with van der Waals surface area (Å²) in [5.74, 6) is 1.81. The van der Waals surface area contributed by atoms with Crippen LogP contribution in [0.3, 0.4) is 0 Å². The Balaban J connectivity index is 2.18. The SMILES string of the molecule is Cc1nc2ncnn2c(N2CCNCC2)c1C. The fourth-order valence-corrected chi connectivity index (χ4v) is 2.26. The van der Waals surface area contributed by atoms with Crippen molar-refractivity contribution in [2.75, 3.05) is 31.1 Å². The molecular formula is C11H16N6. The number of piperazine rings is 1. The first-order valence-electron chi connectivity index (χ1n) is 5.90. The van der Waals surface area contributed by atoms with E-state index in [0.29, 0.717) is 5.78 Å². The fraction of sp³-hybridized carbons (Fsp3) is 0.545. The molecule has 1 fully saturated rings. The van der Waals surface area contributed by atoms with Crippen molar-refractivity contribution in [3.05, 3.63) is 17.6 Å². The number of hydrogen-bond donors (Lipinski definition) is 1. The topological polar surface area (TPSA) is 58.4 Å². The van der Waals surface area contributed by atoms with E-state index in [1.54, 1.807) is 6.33 Å². The Kier molecular flexibility index (Phi) is 2.44. The Morgan fingerprint density at radius 3 is 2.76 bits per heavy atom. The molecule has 17 heavy (non-hydrogen) atoms. The van der Waals surface area contributed by atoms with Crippen LogP contribution in [0.15, 0.2) is 6.33 Å². The van der Waals surface area contributed by atoms with Crippen LogP contribution >= 0.6 is 0 Å². The summed E-state index contributed by atoms with van der Waals surface area (Å²) in [5.41, 5.74) is 2.21. The van der Waals surface area contributed by atoms with Crippen molar-refractivity contribution in [3.8, 4) is 0 Å². The molecular weight excluding hydrogens is 216 g/mol. The summed E-state index contributed by atoms with van der Waals surface area (Å²) in [7, 11) is 0. The van der Waals surface area contributed by atoms with Crippen LogP contribution in [0.5, 0.6) is 0 Å². The van der Waals surface area contributed by atoms with Crippen LogP contribution in [-0.2, 0) is 0 Å². The summed E-state index contributed by atoms with van der Waals surface area (Å²) in [4.78, 5) is 11.0. The molecule has 1 saturated heterocycles. The van der Waals surface area contributed by atoms with Crippen LogP contribution in [-0.4, -0.2) is 45.8 Å². The Labute approximate surface area is 99.7 Å². The van der Waals surface area contributed by atoms with Gasteiger partial charge in [-0.1, -0.05) is 0 Å². The molecule has 0 aromatic carbocycles. The highest BCUT2D eigenvalue weighted by Crippen LogP contribution is 2.22. The Morgan fingerprint density at radius 1 is 1.24 bits per heavy atom. The van der Waals surface area contributed by atoms with Crippen LogP contribution < -0.4 is 10.2 Å². The zero-order valence-electron chi connectivity index (χ0n) is 10.1. The molecule has 6 nitrogen and oxygen atoms in total. The maximum absolute atomic E-state index is 4.44. The van der Waals surface area contributed by atoms with Crippen LogP contribution in [0.1, 0.15) is 11.3 Å². The van der Waals surface area contributed by atoms with Crippen LogP contribution in [0.4, 0.5) is 5.82 Å². The first-order chi connectivity index (χ1) is 8.27. The third-order valence-electron chi connectivity index (χ3n) is 3.29. The van der Waals surface area contributed by atoms with E-state index >= 15 is 0 Å². The summed E-state index contributed by atoms with van der Waals surface area (Å²) < 4.78 is 1.84.